The van der Waals surface area contributed by atoms with E-state index in [1.54, 1.807) is 23.6 Å². The summed E-state index contributed by atoms with van der Waals surface area (Å²) in [4.78, 5) is 21.4. The third-order valence-corrected chi connectivity index (χ3v) is 3.09. The number of benzene rings is 1. The SMILES string of the molecule is Cc1ccc([N+](=O)[O-])c(Oc2csc(C=O)c2)c1. The topological polar surface area (TPSA) is 69.4 Å². The smallest absolute Gasteiger partial charge is 0.311 e. The number of thiophene rings is 1. The Morgan fingerprint density at radius 2 is 2.17 bits per heavy atom. The lowest BCUT2D eigenvalue weighted by Gasteiger charge is -2.04. The summed E-state index contributed by atoms with van der Waals surface area (Å²) in [6.07, 6.45) is 0.710. The van der Waals surface area contributed by atoms with E-state index in [1.165, 1.54) is 17.4 Å². The minimum atomic E-state index is -0.498. The van der Waals surface area contributed by atoms with E-state index in [-0.39, 0.29) is 11.4 Å². The van der Waals surface area contributed by atoms with E-state index in [0.29, 0.717) is 16.9 Å². The molecule has 0 radical (unpaired) electrons. The van der Waals surface area contributed by atoms with Crippen molar-refractivity contribution >= 4 is 23.3 Å². The molecule has 18 heavy (non-hydrogen) atoms. The molecule has 0 spiro atoms. The highest BCUT2D eigenvalue weighted by atomic mass is 32.1. The summed E-state index contributed by atoms with van der Waals surface area (Å²) in [7, 11) is 0. The van der Waals surface area contributed by atoms with E-state index in [2.05, 4.69) is 0 Å². The van der Waals surface area contributed by atoms with Crippen LogP contribution in [0.15, 0.2) is 29.6 Å². The van der Waals surface area contributed by atoms with Crippen LogP contribution in [0.25, 0.3) is 0 Å². The molecule has 1 aromatic heterocycles. The zero-order chi connectivity index (χ0) is 13.1. The van der Waals surface area contributed by atoms with Crippen LogP contribution in [0.1, 0.15) is 15.2 Å². The molecule has 0 aliphatic heterocycles. The molecule has 2 aromatic rings. The van der Waals surface area contributed by atoms with Gasteiger partial charge in [-0.3, -0.25) is 14.9 Å². The first-order valence-electron chi connectivity index (χ1n) is 5.07. The second-order valence-electron chi connectivity index (χ2n) is 3.63. The van der Waals surface area contributed by atoms with Crippen molar-refractivity contribution in [3.05, 3.63) is 50.2 Å². The Morgan fingerprint density at radius 3 is 2.78 bits per heavy atom. The molecular weight excluding hydrogens is 254 g/mol. The third-order valence-electron chi connectivity index (χ3n) is 2.25. The van der Waals surface area contributed by atoms with Gasteiger partial charge in [0.15, 0.2) is 6.29 Å². The molecule has 0 saturated heterocycles. The van der Waals surface area contributed by atoms with Crippen LogP contribution in [0, 0.1) is 17.0 Å². The maximum Gasteiger partial charge on any atom is 0.311 e. The monoisotopic (exact) mass is 263 g/mol. The lowest BCUT2D eigenvalue weighted by atomic mass is 10.2. The van der Waals surface area contributed by atoms with Gasteiger partial charge in [0, 0.05) is 17.5 Å². The Balaban J connectivity index is 2.35. The number of nitrogens with zero attached hydrogens (tertiary/aromatic N) is 1. The number of hydrogen-bond donors (Lipinski definition) is 0. The van der Waals surface area contributed by atoms with Crippen molar-refractivity contribution in [1.29, 1.82) is 0 Å². The second-order valence-corrected chi connectivity index (χ2v) is 4.58. The summed E-state index contributed by atoms with van der Waals surface area (Å²) in [6.45, 7) is 1.82. The van der Waals surface area contributed by atoms with Gasteiger partial charge >= 0.3 is 5.69 Å². The van der Waals surface area contributed by atoms with Gasteiger partial charge in [0.05, 0.1) is 9.80 Å². The lowest BCUT2D eigenvalue weighted by molar-refractivity contribution is -0.385. The first-order chi connectivity index (χ1) is 8.60. The van der Waals surface area contributed by atoms with Crippen molar-refractivity contribution in [2.45, 2.75) is 6.92 Å². The van der Waals surface area contributed by atoms with E-state index in [4.69, 9.17) is 4.74 Å². The summed E-state index contributed by atoms with van der Waals surface area (Å²) < 4.78 is 5.44. The highest BCUT2D eigenvalue weighted by Gasteiger charge is 2.16. The largest absolute Gasteiger partial charge is 0.449 e. The Kier molecular flexibility index (Phi) is 3.38. The average Bonchev–Trinajstić information content (AvgIpc) is 2.76. The minimum Gasteiger partial charge on any atom is -0.449 e. The zero-order valence-corrected chi connectivity index (χ0v) is 10.3. The van der Waals surface area contributed by atoms with Gasteiger partial charge in [0.2, 0.25) is 5.75 Å². The van der Waals surface area contributed by atoms with Crippen molar-refractivity contribution in [1.82, 2.24) is 0 Å². The number of hydrogen-bond acceptors (Lipinski definition) is 5. The normalized spacial score (nSPS) is 10.1. The van der Waals surface area contributed by atoms with E-state index in [1.807, 2.05) is 6.92 Å². The number of ether oxygens (including phenoxy) is 1. The molecule has 0 bridgehead atoms. The summed E-state index contributed by atoms with van der Waals surface area (Å²) >= 11 is 1.22. The van der Waals surface area contributed by atoms with Gasteiger partial charge in [0.1, 0.15) is 5.75 Å². The summed E-state index contributed by atoms with van der Waals surface area (Å²) in [6, 6.07) is 6.19. The molecule has 0 amide bonds. The van der Waals surface area contributed by atoms with Crippen LogP contribution in [-0.4, -0.2) is 11.2 Å². The molecule has 6 heteroatoms. The maximum absolute atomic E-state index is 10.9. The van der Waals surface area contributed by atoms with Crippen molar-refractivity contribution in [2.24, 2.45) is 0 Å². The molecule has 0 N–H and O–H groups in total. The number of aryl methyl sites for hydroxylation is 1. The fourth-order valence-electron chi connectivity index (χ4n) is 1.43. The Hall–Kier alpha value is -2.21. The van der Waals surface area contributed by atoms with Gasteiger partial charge in [-0.1, -0.05) is 6.07 Å². The number of rotatable bonds is 4. The zero-order valence-electron chi connectivity index (χ0n) is 9.45. The Labute approximate surface area is 107 Å². The highest BCUT2D eigenvalue weighted by Crippen LogP contribution is 2.33. The van der Waals surface area contributed by atoms with E-state index >= 15 is 0 Å². The van der Waals surface area contributed by atoms with E-state index < -0.39 is 4.92 Å². The first-order valence-corrected chi connectivity index (χ1v) is 5.94. The maximum atomic E-state index is 10.9. The van der Waals surface area contributed by atoms with Crippen molar-refractivity contribution in [2.75, 3.05) is 0 Å². The minimum absolute atomic E-state index is 0.0977. The van der Waals surface area contributed by atoms with Crippen LogP contribution < -0.4 is 4.74 Å². The number of nitro groups is 1. The fraction of sp³-hybridized carbons (Fsp3) is 0.0833. The van der Waals surface area contributed by atoms with Crippen LogP contribution in [0.3, 0.4) is 0 Å². The van der Waals surface area contributed by atoms with Gasteiger partial charge in [-0.15, -0.1) is 11.3 Å². The number of nitro benzene ring substituents is 1. The summed E-state index contributed by atoms with van der Waals surface area (Å²) in [5.74, 6) is 0.603. The summed E-state index contributed by atoms with van der Waals surface area (Å²) in [5, 5.41) is 12.5. The van der Waals surface area contributed by atoms with Gasteiger partial charge < -0.3 is 4.74 Å². The van der Waals surface area contributed by atoms with Crippen molar-refractivity contribution < 1.29 is 14.5 Å². The van der Waals surface area contributed by atoms with Gasteiger partial charge in [-0.25, -0.2) is 0 Å². The van der Waals surface area contributed by atoms with Gasteiger partial charge in [-0.2, -0.15) is 0 Å². The number of aldehydes is 1. The van der Waals surface area contributed by atoms with Crippen LogP contribution >= 0.6 is 11.3 Å². The molecule has 0 aliphatic rings. The first kappa shape index (κ1) is 12.3. The molecule has 2 rings (SSSR count). The quantitative estimate of drug-likeness (QED) is 0.480. The Bertz CT molecular complexity index is 606. The predicted molar refractivity (Wildman–Crippen MR) is 67.6 cm³/mol. The molecule has 0 saturated carbocycles. The highest BCUT2D eigenvalue weighted by molar-refractivity contribution is 7.11. The van der Waals surface area contributed by atoms with E-state index in [0.717, 1.165) is 5.56 Å². The molecule has 92 valence electrons. The van der Waals surface area contributed by atoms with Crippen LogP contribution in [-0.2, 0) is 0 Å². The molecule has 0 aliphatic carbocycles. The van der Waals surface area contributed by atoms with Crippen molar-refractivity contribution in [3.8, 4) is 11.5 Å². The molecule has 1 aromatic carbocycles. The molecule has 1 heterocycles. The van der Waals surface area contributed by atoms with Gasteiger partial charge in [0.25, 0.3) is 0 Å². The van der Waals surface area contributed by atoms with Crippen LogP contribution in [0.2, 0.25) is 0 Å². The van der Waals surface area contributed by atoms with Gasteiger partial charge in [-0.05, 0) is 18.6 Å². The molecule has 0 fully saturated rings. The van der Waals surface area contributed by atoms with Crippen LogP contribution in [0.4, 0.5) is 5.69 Å². The Morgan fingerprint density at radius 1 is 1.39 bits per heavy atom. The summed E-state index contributed by atoms with van der Waals surface area (Å²) in [5.41, 5.74) is 0.765. The predicted octanol–water partition coefficient (Wildman–Crippen LogP) is 3.57. The molecule has 0 atom stereocenters. The van der Waals surface area contributed by atoms with E-state index in [9.17, 15) is 14.9 Å². The molecule has 0 unspecified atom stereocenters. The lowest BCUT2D eigenvalue weighted by Crippen LogP contribution is -1.93. The number of carbonyl (C=O) groups is 1. The molecular formula is C12H9NO4S. The van der Waals surface area contributed by atoms with Crippen molar-refractivity contribution in [3.63, 3.8) is 0 Å². The number of carbonyl (C=O) groups excluding carboxylic acids is 1. The average molecular weight is 263 g/mol. The second kappa shape index (κ2) is 4.97. The molecule has 5 nitrogen and oxygen atoms in total. The van der Waals surface area contributed by atoms with Crippen LogP contribution in [0.5, 0.6) is 11.5 Å². The third kappa shape index (κ3) is 2.54. The standard InChI is InChI=1S/C12H9NO4S/c1-8-2-3-11(13(15)16)12(4-8)17-9-5-10(6-14)18-7-9/h2-7H,1H3. The fourth-order valence-corrected chi connectivity index (χ4v) is 2.04.